The molecular weight excluding hydrogens is 475 g/mol. The van der Waals surface area contributed by atoms with Crippen molar-refractivity contribution in [1.29, 1.82) is 0 Å². The molecule has 1 aromatic carbocycles. The molecule has 1 heterocycles. The Balaban J connectivity index is 2.30. The number of cyclic esters (lactones) is 1. The molecule has 2 rings (SSSR count). The number of amides is 1. The second-order valence-electron chi connectivity index (χ2n) is 8.47. The topological polar surface area (TPSA) is 226 Å². The number of hydrogen-bond donors (Lipinski definition) is 7. The van der Waals surface area contributed by atoms with Crippen LogP contribution in [0.4, 0.5) is 0 Å². The molecule has 1 aliphatic rings. The number of carbonyl (C=O) groups excluding carboxylic acids is 2. The summed E-state index contributed by atoms with van der Waals surface area (Å²) in [6.45, 7) is 3.65. The molecule has 1 amide bonds. The number of phosphoric acid groups is 1. The largest absolute Gasteiger partial charge is 0.507 e. The summed E-state index contributed by atoms with van der Waals surface area (Å²) >= 11 is 0. The first-order valence-corrected chi connectivity index (χ1v) is 11.9. The number of nitrogens with one attached hydrogen (secondary N) is 1. The van der Waals surface area contributed by atoms with Gasteiger partial charge in [-0.25, -0.2) is 9.36 Å². The molecule has 8 N–H and O–H groups in total. The number of aliphatic carboxylic acids is 1. The first-order valence-electron chi connectivity index (χ1n) is 10.4. The number of phosphoric ester groups is 1. The summed E-state index contributed by atoms with van der Waals surface area (Å²) in [6.07, 6.45) is -5.61. The Morgan fingerprint density at radius 2 is 1.97 bits per heavy atom. The Bertz CT molecular complexity index is 964. The van der Waals surface area contributed by atoms with Gasteiger partial charge in [0.15, 0.2) is 6.10 Å². The number of phenolic OH excluding ortho intramolecular Hbond substituents is 1. The fraction of sp³-hybridized carbons (Fsp3) is 0.550. The Hall–Kier alpha value is -2.54. The summed E-state index contributed by atoms with van der Waals surface area (Å²) in [7, 11) is -5.30. The van der Waals surface area contributed by atoms with E-state index in [1.54, 1.807) is 12.1 Å². The first kappa shape index (κ1) is 27.7. The predicted octanol–water partition coefficient (Wildman–Crippen LogP) is -0.355. The Morgan fingerprint density at radius 3 is 2.53 bits per heavy atom. The molecule has 1 aliphatic heterocycles. The Morgan fingerprint density at radius 1 is 1.32 bits per heavy atom. The average Bonchev–Trinajstić information content (AvgIpc) is 2.69. The van der Waals surface area contributed by atoms with Gasteiger partial charge in [-0.1, -0.05) is 26.0 Å². The molecule has 0 saturated carbocycles. The van der Waals surface area contributed by atoms with Crippen LogP contribution >= 0.6 is 7.82 Å². The lowest BCUT2D eigenvalue weighted by atomic mass is 9.90. The van der Waals surface area contributed by atoms with Gasteiger partial charge in [0.1, 0.15) is 23.5 Å². The molecule has 34 heavy (non-hydrogen) atoms. The van der Waals surface area contributed by atoms with Crippen LogP contribution in [0.25, 0.3) is 0 Å². The summed E-state index contributed by atoms with van der Waals surface area (Å²) in [5, 5.41) is 31.7. The highest BCUT2D eigenvalue weighted by Crippen LogP contribution is 2.39. The van der Waals surface area contributed by atoms with Gasteiger partial charge < -0.3 is 40.9 Å². The number of ether oxygens (including phenoxy) is 1. The minimum Gasteiger partial charge on any atom is -0.507 e. The lowest BCUT2D eigenvalue weighted by molar-refractivity contribution is -0.142. The van der Waals surface area contributed by atoms with E-state index in [1.807, 2.05) is 13.8 Å². The molecule has 0 aliphatic carbocycles. The predicted molar refractivity (Wildman–Crippen MR) is 116 cm³/mol. The summed E-state index contributed by atoms with van der Waals surface area (Å²) in [6, 6.07) is 2.04. The van der Waals surface area contributed by atoms with Crippen LogP contribution < -0.4 is 11.1 Å². The lowest BCUT2D eigenvalue weighted by Crippen LogP contribution is -2.56. The number of aliphatic hydroxyl groups is 1. The first-order chi connectivity index (χ1) is 15.7. The molecular formula is C20H29N2O11P. The Kier molecular flexibility index (Phi) is 9.17. The third-order valence-electron chi connectivity index (χ3n) is 5.18. The molecule has 14 heteroatoms. The minimum absolute atomic E-state index is 0.00569. The third kappa shape index (κ3) is 7.49. The molecule has 5 atom stereocenters. The molecule has 0 radical (unpaired) electrons. The normalized spacial score (nSPS) is 19.5. The van der Waals surface area contributed by atoms with E-state index in [1.165, 1.54) is 6.07 Å². The second kappa shape index (κ2) is 11.3. The van der Waals surface area contributed by atoms with Crippen molar-refractivity contribution < 1.29 is 53.3 Å². The van der Waals surface area contributed by atoms with E-state index in [9.17, 15) is 38.9 Å². The lowest BCUT2D eigenvalue weighted by Gasteiger charge is -2.34. The molecule has 0 spiro atoms. The van der Waals surface area contributed by atoms with E-state index in [0.717, 1.165) is 0 Å². The van der Waals surface area contributed by atoms with Gasteiger partial charge in [-0.3, -0.25) is 14.1 Å². The summed E-state index contributed by atoms with van der Waals surface area (Å²) in [4.78, 5) is 54.7. The van der Waals surface area contributed by atoms with E-state index < -0.39 is 62.5 Å². The highest BCUT2D eigenvalue weighted by atomic mass is 31.2. The summed E-state index contributed by atoms with van der Waals surface area (Å²) in [5.74, 6) is -3.68. The van der Waals surface area contributed by atoms with E-state index in [2.05, 4.69) is 9.84 Å². The van der Waals surface area contributed by atoms with E-state index in [-0.39, 0.29) is 30.1 Å². The molecule has 190 valence electrons. The van der Waals surface area contributed by atoms with Crippen LogP contribution in [-0.2, 0) is 29.8 Å². The van der Waals surface area contributed by atoms with Crippen LogP contribution in [0.3, 0.4) is 0 Å². The zero-order valence-corrected chi connectivity index (χ0v) is 19.4. The maximum atomic E-state index is 12.9. The van der Waals surface area contributed by atoms with E-state index >= 15 is 0 Å². The monoisotopic (exact) mass is 504 g/mol. The number of carbonyl (C=O) groups is 3. The third-order valence-corrected chi connectivity index (χ3v) is 5.68. The molecule has 0 bridgehead atoms. The number of aliphatic hydroxyl groups excluding tert-OH is 1. The quantitative estimate of drug-likeness (QED) is 0.152. The maximum absolute atomic E-state index is 12.9. The van der Waals surface area contributed by atoms with Crippen molar-refractivity contribution in [2.75, 3.05) is 0 Å². The number of esters is 1. The van der Waals surface area contributed by atoms with Gasteiger partial charge in [-0.05, 0) is 24.0 Å². The van der Waals surface area contributed by atoms with E-state index in [4.69, 9.17) is 15.6 Å². The van der Waals surface area contributed by atoms with Gasteiger partial charge in [0, 0.05) is 12.5 Å². The molecule has 0 saturated heterocycles. The van der Waals surface area contributed by atoms with Crippen molar-refractivity contribution in [3.63, 3.8) is 0 Å². The van der Waals surface area contributed by atoms with Gasteiger partial charge in [0.05, 0.1) is 12.5 Å². The second-order valence-corrected chi connectivity index (χ2v) is 9.66. The molecule has 0 unspecified atom stereocenters. The van der Waals surface area contributed by atoms with Crippen molar-refractivity contribution >= 4 is 25.7 Å². The van der Waals surface area contributed by atoms with Crippen LogP contribution in [0.5, 0.6) is 5.75 Å². The van der Waals surface area contributed by atoms with Crippen molar-refractivity contribution in [2.24, 2.45) is 11.7 Å². The number of carboxylic acids is 1. The van der Waals surface area contributed by atoms with Gasteiger partial charge in [0.2, 0.25) is 0 Å². The number of nitrogens with two attached hydrogens (primary N) is 1. The number of phenols is 1. The molecule has 1 aromatic rings. The fourth-order valence-corrected chi connectivity index (χ4v) is 4.22. The number of rotatable bonds is 11. The van der Waals surface area contributed by atoms with Crippen LogP contribution in [-0.4, -0.2) is 73.3 Å². The van der Waals surface area contributed by atoms with Crippen molar-refractivity contribution in [3.05, 3.63) is 29.3 Å². The number of fused-ring (bicyclic) bond motifs is 1. The molecule has 13 nitrogen and oxygen atoms in total. The van der Waals surface area contributed by atoms with Crippen LogP contribution in [0.1, 0.15) is 42.6 Å². The number of benzene rings is 1. The number of carboxylic acid groups (broad SMARTS) is 1. The zero-order valence-electron chi connectivity index (χ0n) is 18.5. The zero-order chi connectivity index (χ0) is 25.8. The molecule has 0 aromatic heterocycles. The van der Waals surface area contributed by atoms with Gasteiger partial charge in [-0.15, -0.1) is 0 Å². The minimum atomic E-state index is -5.30. The fourth-order valence-electron chi connectivity index (χ4n) is 3.71. The van der Waals surface area contributed by atoms with Crippen molar-refractivity contribution in [3.8, 4) is 5.75 Å². The maximum Gasteiger partial charge on any atom is 0.470 e. The van der Waals surface area contributed by atoms with Crippen LogP contribution in [0.2, 0.25) is 0 Å². The number of aromatic hydroxyl groups is 1. The summed E-state index contributed by atoms with van der Waals surface area (Å²) < 4.78 is 21.3. The Labute approximate surface area is 195 Å². The van der Waals surface area contributed by atoms with Gasteiger partial charge in [0.25, 0.3) is 5.91 Å². The standard InChI is InChI=1S/C20H29N2O11P/c1-9(2)6-12(14-7-10-4-3-5-13(23)16(10)20(28)32-14)22-19(27)18(33-34(29,30)31)17(26)11(21)8-15(24)25/h3-5,9,11-12,14,17-18,23,26H,6-8,21H2,1-2H3,(H,22,27)(H,24,25)(H2,29,30,31)/t11-,12-,14-,17-,18-/m0/s1. The van der Waals surface area contributed by atoms with Crippen LogP contribution in [0.15, 0.2) is 18.2 Å². The summed E-state index contributed by atoms with van der Waals surface area (Å²) in [5.41, 5.74) is 6.07. The van der Waals surface area contributed by atoms with Crippen molar-refractivity contribution in [2.45, 2.75) is 63.5 Å². The van der Waals surface area contributed by atoms with Gasteiger partial charge >= 0.3 is 19.8 Å². The van der Waals surface area contributed by atoms with Crippen LogP contribution in [0, 0.1) is 5.92 Å². The highest BCUT2D eigenvalue weighted by molar-refractivity contribution is 7.46. The van der Waals surface area contributed by atoms with Gasteiger partial charge in [-0.2, -0.15) is 0 Å². The number of hydrogen-bond acceptors (Lipinski definition) is 9. The smallest absolute Gasteiger partial charge is 0.470 e. The molecule has 0 fully saturated rings. The average molecular weight is 504 g/mol. The van der Waals surface area contributed by atoms with Crippen molar-refractivity contribution in [1.82, 2.24) is 5.32 Å². The SMILES string of the molecule is CC(C)C[C@H](NC(=O)[C@@H](OP(=O)(O)O)[C@@H](O)[C@@H](N)CC(=O)O)[C@@H]1Cc2cccc(O)c2C(=O)O1. The van der Waals surface area contributed by atoms with E-state index in [0.29, 0.717) is 5.56 Å². The highest BCUT2D eigenvalue weighted by Gasteiger charge is 2.41.